The largest absolute Gasteiger partial charge is 0.356 e. The van der Waals surface area contributed by atoms with Crippen LogP contribution >= 0.6 is 0 Å². The van der Waals surface area contributed by atoms with Crippen molar-refractivity contribution in [3.8, 4) is 0 Å². The predicted molar refractivity (Wildman–Crippen MR) is 95.1 cm³/mol. The molecule has 0 aromatic heterocycles. The maximum atomic E-state index is 12.3. The number of nitrogens with one attached hydrogen (secondary N) is 2. The highest BCUT2D eigenvalue weighted by Gasteiger charge is 2.14. The summed E-state index contributed by atoms with van der Waals surface area (Å²) in [5, 5.41) is 4.58. The number of nitrogens with two attached hydrogens (primary N) is 1. The van der Waals surface area contributed by atoms with Crippen LogP contribution in [0.15, 0.2) is 47.4 Å². The van der Waals surface area contributed by atoms with E-state index in [9.17, 15) is 13.2 Å². The van der Waals surface area contributed by atoms with Gasteiger partial charge in [0.25, 0.3) is 0 Å². The first kappa shape index (κ1) is 18.4. The summed E-state index contributed by atoms with van der Waals surface area (Å²) in [6.45, 7) is 1.23. The van der Waals surface area contributed by atoms with Gasteiger partial charge in [0.2, 0.25) is 15.9 Å². The van der Waals surface area contributed by atoms with Gasteiger partial charge in [-0.05, 0) is 42.3 Å². The van der Waals surface area contributed by atoms with E-state index in [1.165, 1.54) is 0 Å². The van der Waals surface area contributed by atoms with Crippen LogP contribution in [0, 0.1) is 0 Å². The van der Waals surface area contributed by atoms with Crippen molar-refractivity contribution in [1.82, 2.24) is 10.0 Å². The lowest BCUT2D eigenvalue weighted by Crippen LogP contribution is -2.31. The fraction of sp³-hybridized carbons (Fsp3) is 0.353. The van der Waals surface area contributed by atoms with Gasteiger partial charge in [-0.25, -0.2) is 13.1 Å². The highest BCUT2D eigenvalue weighted by atomic mass is 32.2. The summed E-state index contributed by atoms with van der Waals surface area (Å²) >= 11 is 0. The summed E-state index contributed by atoms with van der Waals surface area (Å²) in [6.07, 6.45) is 1.79. The molecule has 2 rings (SSSR count). The lowest BCUT2D eigenvalue weighted by atomic mass is 10.1. The maximum Gasteiger partial charge on any atom is 0.240 e. The highest BCUT2D eigenvalue weighted by molar-refractivity contribution is 7.89. The minimum atomic E-state index is -3.62. The molecule has 0 fully saturated rings. The van der Waals surface area contributed by atoms with Crippen molar-refractivity contribution in [2.45, 2.75) is 24.2 Å². The Morgan fingerprint density at radius 2 is 1.75 bits per heavy atom. The lowest BCUT2D eigenvalue weighted by molar-refractivity contribution is -0.120. The van der Waals surface area contributed by atoms with Crippen LogP contribution in [-0.4, -0.2) is 34.0 Å². The molecule has 0 saturated heterocycles. The Kier molecular flexibility index (Phi) is 6.72. The number of sulfonamides is 1. The molecule has 0 aliphatic carbocycles. The van der Waals surface area contributed by atoms with Gasteiger partial charge in [0, 0.05) is 19.5 Å². The van der Waals surface area contributed by atoms with Crippen molar-refractivity contribution in [3.63, 3.8) is 0 Å². The number of carbonyl (C=O) groups is 1. The minimum absolute atomic E-state index is 0.0673. The Labute approximate surface area is 142 Å². The molecule has 0 saturated carbocycles. The third-order valence-electron chi connectivity index (χ3n) is 3.63. The van der Waals surface area contributed by atoms with Crippen molar-refractivity contribution in [3.05, 3.63) is 42.5 Å². The molecule has 0 unspecified atom stereocenters. The molecule has 0 heterocycles. The van der Waals surface area contributed by atoms with E-state index in [0.717, 1.165) is 23.6 Å². The summed E-state index contributed by atoms with van der Waals surface area (Å²) < 4.78 is 27.1. The Bertz CT molecular complexity index is 791. The zero-order valence-corrected chi connectivity index (χ0v) is 14.3. The van der Waals surface area contributed by atoms with Crippen LogP contribution < -0.4 is 15.8 Å². The van der Waals surface area contributed by atoms with Crippen molar-refractivity contribution < 1.29 is 13.2 Å². The smallest absolute Gasteiger partial charge is 0.240 e. The first-order chi connectivity index (χ1) is 11.5. The number of fused-ring (bicyclic) bond motifs is 1. The average molecular weight is 349 g/mol. The molecule has 0 aliphatic rings. The third kappa shape index (κ3) is 5.30. The van der Waals surface area contributed by atoms with Gasteiger partial charge in [0.05, 0.1) is 4.90 Å². The van der Waals surface area contributed by atoms with E-state index < -0.39 is 10.0 Å². The standard InChI is InChI=1S/C17H23N3O3S/c18-10-3-4-11-19-17(21)9-12-20-24(22,23)16-8-7-14-5-1-2-6-15(14)13-16/h1-2,5-8,13,20H,3-4,9-12,18H2,(H,19,21). The van der Waals surface area contributed by atoms with Crippen molar-refractivity contribution in [1.29, 1.82) is 0 Å². The molecule has 2 aromatic carbocycles. The quantitative estimate of drug-likeness (QED) is 0.595. The molecule has 4 N–H and O–H groups in total. The number of hydrogen-bond acceptors (Lipinski definition) is 4. The van der Waals surface area contributed by atoms with Crippen LogP contribution in [0.2, 0.25) is 0 Å². The van der Waals surface area contributed by atoms with E-state index in [-0.39, 0.29) is 23.8 Å². The molecule has 130 valence electrons. The second-order valence-corrected chi connectivity index (χ2v) is 7.27. The van der Waals surface area contributed by atoms with E-state index in [1.54, 1.807) is 18.2 Å². The van der Waals surface area contributed by atoms with Gasteiger partial charge in [0.15, 0.2) is 0 Å². The van der Waals surface area contributed by atoms with Gasteiger partial charge < -0.3 is 11.1 Å². The molecule has 6 nitrogen and oxygen atoms in total. The zero-order chi connectivity index (χ0) is 17.4. The Hall–Kier alpha value is -1.96. The van der Waals surface area contributed by atoms with Crippen LogP contribution in [0.25, 0.3) is 10.8 Å². The fourth-order valence-corrected chi connectivity index (χ4v) is 3.37. The van der Waals surface area contributed by atoms with Crippen molar-refractivity contribution in [2.24, 2.45) is 5.73 Å². The molecule has 2 aromatic rings. The van der Waals surface area contributed by atoms with Crippen molar-refractivity contribution in [2.75, 3.05) is 19.6 Å². The molecule has 0 atom stereocenters. The summed E-state index contributed by atoms with van der Waals surface area (Å²) in [5.74, 6) is -0.173. The van der Waals surface area contributed by atoms with E-state index in [2.05, 4.69) is 10.0 Å². The third-order valence-corrected chi connectivity index (χ3v) is 5.09. The van der Waals surface area contributed by atoms with E-state index in [4.69, 9.17) is 5.73 Å². The molecule has 24 heavy (non-hydrogen) atoms. The van der Waals surface area contributed by atoms with Crippen LogP contribution in [0.5, 0.6) is 0 Å². The molecule has 7 heteroatoms. The van der Waals surface area contributed by atoms with Gasteiger partial charge in [-0.2, -0.15) is 0 Å². The Morgan fingerprint density at radius 3 is 2.50 bits per heavy atom. The average Bonchev–Trinajstić information content (AvgIpc) is 2.58. The lowest BCUT2D eigenvalue weighted by Gasteiger charge is -2.08. The maximum absolute atomic E-state index is 12.3. The molecule has 0 spiro atoms. The van der Waals surface area contributed by atoms with Crippen LogP contribution in [0.1, 0.15) is 19.3 Å². The van der Waals surface area contributed by atoms with Crippen molar-refractivity contribution >= 4 is 26.7 Å². The van der Waals surface area contributed by atoms with Gasteiger partial charge in [-0.15, -0.1) is 0 Å². The van der Waals surface area contributed by atoms with Crippen LogP contribution in [0.4, 0.5) is 0 Å². The molecule has 0 radical (unpaired) electrons. The first-order valence-electron chi connectivity index (χ1n) is 7.98. The zero-order valence-electron chi connectivity index (χ0n) is 13.5. The minimum Gasteiger partial charge on any atom is -0.356 e. The van der Waals surface area contributed by atoms with E-state index in [0.29, 0.717) is 13.1 Å². The summed E-state index contributed by atoms with van der Waals surface area (Å²) in [5.41, 5.74) is 5.37. The SMILES string of the molecule is NCCCCNC(=O)CCNS(=O)(=O)c1ccc2ccccc2c1. The Balaban J connectivity index is 1.87. The molecule has 0 bridgehead atoms. The topological polar surface area (TPSA) is 101 Å². The van der Waals surface area contributed by atoms with Gasteiger partial charge in [-0.3, -0.25) is 4.79 Å². The van der Waals surface area contributed by atoms with E-state index >= 15 is 0 Å². The summed E-state index contributed by atoms with van der Waals surface area (Å²) in [7, 11) is -3.62. The first-order valence-corrected chi connectivity index (χ1v) is 9.46. The molecular weight excluding hydrogens is 326 g/mol. The highest BCUT2D eigenvalue weighted by Crippen LogP contribution is 2.18. The second kappa shape index (κ2) is 8.77. The predicted octanol–water partition coefficient (Wildman–Crippen LogP) is 1.36. The van der Waals surface area contributed by atoms with E-state index in [1.807, 2.05) is 24.3 Å². The molecular formula is C17H23N3O3S. The summed E-state index contributed by atoms with van der Waals surface area (Å²) in [4.78, 5) is 11.8. The molecule has 1 amide bonds. The number of unbranched alkanes of at least 4 members (excludes halogenated alkanes) is 1. The van der Waals surface area contributed by atoms with Gasteiger partial charge >= 0.3 is 0 Å². The van der Waals surface area contributed by atoms with Gasteiger partial charge in [-0.1, -0.05) is 30.3 Å². The second-order valence-electron chi connectivity index (χ2n) is 5.50. The van der Waals surface area contributed by atoms with Crippen LogP contribution in [-0.2, 0) is 14.8 Å². The number of amides is 1. The van der Waals surface area contributed by atoms with Gasteiger partial charge in [0.1, 0.15) is 0 Å². The number of hydrogen-bond donors (Lipinski definition) is 3. The van der Waals surface area contributed by atoms with Crippen LogP contribution in [0.3, 0.4) is 0 Å². The number of benzene rings is 2. The molecule has 0 aliphatic heterocycles. The Morgan fingerprint density at radius 1 is 1.00 bits per heavy atom. The monoisotopic (exact) mass is 349 g/mol. The normalized spacial score (nSPS) is 11.5. The summed E-state index contributed by atoms with van der Waals surface area (Å²) in [6, 6.07) is 12.5. The fourth-order valence-electron chi connectivity index (χ4n) is 2.30. The number of carbonyl (C=O) groups excluding carboxylic acids is 1. The number of rotatable bonds is 9.